The Morgan fingerprint density at radius 3 is 2.88 bits per heavy atom. The third kappa shape index (κ3) is 2.39. The van der Waals surface area contributed by atoms with E-state index in [4.69, 9.17) is 16.0 Å². The molecule has 0 fully saturated rings. The highest BCUT2D eigenvalue weighted by Gasteiger charge is 2.07. The van der Waals surface area contributed by atoms with Crippen LogP contribution in [0.4, 0.5) is 0 Å². The molecule has 0 spiro atoms. The van der Waals surface area contributed by atoms with Crippen molar-refractivity contribution in [3.05, 3.63) is 34.5 Å². The van der Waals surface area contributed by atoms with Gasteiger partial charge in [0, 0.05) is 5.39 Å². The molecule has 1 heterocycles. The Bertz CT molecular complexity index is 490. The Morgan fingerprint density at radius 2 is 2.12 bits per heavy atom. The number of fused-ring (bicyclic) bond motifs is 1. The quantitative estimate of drug-likeness (QED) is 0.816. The molecular formula is C13H16ClNO. The molecule has 16 heavy (non-hydrogen) atoms. The van der Waals surface area contributed by atoms with E-state index in [1.54, 1.807) is 0 Å². The van der Waals surface area contributed by atoms with Crippen molar-refractivity contribution in [2.75, 3.05) is 6.54 Å². The van der Waals surface area contributed by atoms with E-state index in [0.29, 0.717) is 5.02 Å². The zero-order valence-corrected chi connectivity index (χ0v) is 10.4. The maximum atomic E-state index is 6.12. The Morgan fingerprint density at radius 1 is 1.31 bits per heavy atom. The van der Waals surface area contributed by atoms with Crippen LogP contribution in [0.25, 0.3) is 11.0 Å². The van der Waals surface area contributed by atoms with Crippen molar-refractivity contribution in [3.63, 3.8) is 0 Å². The Hall–Kier alpha value is -0.990. The summed E-state index contributed by atoms with van der Waals surface area (Å²) in [5.74, 6) is 0.941. The van der Waals surface area contributed by atoms with Crippen LogP contribution < -0.4 is 5.32 Å². The van der Waals surface area contributed by atoms with E-state index in [0.717, 1.165) is 41.8 Å². The fourth-order valence-electron chi connectivity index (χ4n) is 1.78. The minimum Gasteiger partial charge on any atom is -0.458 e. The van der Waals surface area contributed by atoms with Gasteiger partial charge in [-0.25, -0.2) is 0 Å². The first kappa shape index (κ1) is 11.5. The number of aryl methyl sites for hydroxylation is 1. The number of halogens is 1. The molecule has 1 N–H and O–H groups in total. The molecule has 0 aliphatic carbocycles. The molecule has 0 radical (unpaired) electrons. The smallest absolute Gasteiger partial charge is 0.152 e. The summed E-state index contributed by atoms with van der Waals surface area (Å²) in [7, 11) is 0. The molecule has 0 saturated heterocycles. The summed E-state index contributed by atoms with van der Waals surface area (Å²) in [6.07, 6.45) is 1.13. The Kier molecular flexibility index (Phi) is 3.52. The van der Waals surface area contributed by atoms with Gasteiger partial charge in [0.25, 0.3) is 0 Å². The third-order valence-corrected chi connectivity index (χ3v) is 2.77. The minimum atomic E-state index is 0.691. The normalized spacial score (nSPS) is 11.2. The second kappa shape index (κ2) is 4.89. The van der Waals surface area contributed by atoms with Crippen LogP contribution in [0.1, 0.15) is 24.7 Å². The SMILES string of the molecule is CCCNCc1cc2cc(C)cc(Cl)c2o1. The van der Waals surface area contributed by atoms with E-state index in [1.165, 1.54) is 0 Å². The summed E-state index contributed by atoms with van der Waals surface area (Å²) < 4.78 is 5.71. The molecule has 0 amide bonds. The van der Waals surface area contributed by atoms with E-state index in [1.807, 2.05) is 13.0 Å². The first-order valence-electron chi connectivity index (χ1n) is 5.60. The molecule has 0 aliphatic heterocycles. The fourth-order valence-corrected chi connectivity index (χ4v) is 2.10. The first-order chi connectivity index (χ1) is 7.70. The van der Waals surface area contributed by atoms with Gasteiger partial charge in [0.05, 0.1) is 11.6 Å². The van der Waals surface area contributed by atoms with Crippen molar-refractivity contribution in [1.29, 1.82) is 0 Å². The summed E-state index contributed by atoms with van der Waals surface area (Å²) in [4.78, 5) is 0. The molecule has 0 unspecified atom stereocenters. The highest BCUT2D eigenvalue weighted by molar-refractivity contribution is 6.34. The van der Waals surface area contributed by atoms with Crippen LogP contribution >= 0.6 is 11.6 Å². The van der Waals surface area contributed by atoms with Gasteiger partial charge in [-0.3, -0.25) is 0 Å². The van der Waals surface area contributed by atoms with Crippen LogP contribution in [0.5, 0.6) is 0 Å². The van der Waals surface area contributed by atoms with Crippen molar-refractivity contribution in [3.8, 4) is 0 Å². The lowest BCUT2D eigenvalue weighted by molar-refractivity contribution is 0.513. The van der Waals surface area contributed by atoms with E-state index < -0.39 is 0 Å². The van der Waals surface area contributed by atoms with Gasteiger partial charge in [0.2, 0.25) is 0 Å². The van der Waals surface area contributed by atoms with E-state index in [-0.39, 0.29) is 0 Å². The van der Waals surface area contributed by atoms with Crippen LogP contribution in [0.2, 0.25) is 5.02 Å². The van der Waals surface area contributed by atoms with Gasteiger partial charge in [-0.05, 0) is 43.7 Å². The number of hydrogen-bond acceptors (Lipinski definition) is 2. The van der Waals surface area contributed by atoms with Gasteiger partial charge in [0.15, 0.2) is 5.58 Å². The van der Waals surface area contributed by atoms with Gasteiger partial charge < -0.3 is 9.73 Å². The highest BCUT2D eigenvalue weighted by atomic mass is 35.5. The lowest BCUT2D eigenvalue weighted by atomic mass is 10.2. The van der Waals surface area contributed by atoms with E-state index >= 15 is 0 Å². The van der Waals surface area contributed by atoms with Crippen molar-refractivity contribution in [2.24, 2.45) is 0 Å². The molecule has 0 saturated carbocycles. The Balaban J connectivity index is 2.26. The number of furan rings is 1. The molecule has 2 nitrogen and oxygen atoms in total. The number of nitrogens with one attached hydrogen (secondary N) is 1. The molecule has 0 aliphatic rings. The van der Waals surface area contributed by atoms with Gasteiger partial charge >= 0.3 is 0 Å². The molecule has 3 heteroatoms. The largest absolute Gasteiger partial charge is 0.458 e. The van der Waals surface area contributed by atoms with Crippen LogP contribution in [0.3, 0.4) is 0 Å². The van der Waals surface area contributed by atoms with Crippen LogP contribution in [0, 0.1) is 6.92 Å². The van der Waals surface area contributed by atoms with E-state index in [9.17, 15) is 0 Å². The number of rotatable bonds is 4. The molecule has 1 aromatic heterocycles. The van der Waals surface area contributed by atoms with Crippen molar-refractivity contribution in [2.45, 2.75) is 26.8 Å². The zero-order valence-electron chi connectivity index (χ0n) is 9.64. The van der Waals surface area contributed by atoms with Crippen molar-refractivity contribution < 1.29 is 4.42 Å². The lowest BCUT2D eigenvalue weighted by Crippen LogP contribution is -2.12. The molecular weight excluding hydrogens is 222 g/mol. The molecule has 86 valence electrons. The third-order valence-electron chi connectivity index (χ3n) is 2.49. The number of hydrogen-bond donors (Lipinski definition) is 1. The molecule has 2 aromatic rings. The van der Waals surface area contributed by atoms with Crippen LogP contribution in [0.15, 0.2) is 22.6 Å². The van der Waals surface area contributed by atoms with Gasteiger partial charge in [-0.15, -0.1) is 0 Å². The summed E-state index contributed by atoms with van der Waals surface area (Å²) in [5, 5.41) is 5.08. The topological polar surface area (TPSA) is 25.2 Å². The maximum Gasteiger partial charge on any atom is 0.152 e. The predicted molar refractivity (Wildman–Crippen MR) is 68.0 cm³/mol. The van der Waals surface area contributed by atoms with Crippen molar-refractivity contribution >= 4 is 22.6 Å². The summed E-state index contributed by atoms with van der Waals surface area (Å²) in [6, 6.07) is 6.07. The van der Waals surface area contributed by atoms with Crippen LogP contribution in [-0.4, -0.2) is 6.54 Å². The molecule has 1 aromatic carbocycles. The standard InChI is InChI=1S/C13H16ClNO/c1-3-4-15-8-11-7-10-5-9(2)6-12(14)13(10)16-11/h5-7,15H,3-4,8H2,1-2H3. The molecule has 2 rings (SSSR count). The average molecular weight is 238 g/mol. The lowest BCUT2D eigenvalue weighted by Gasteiger charge is -1.98. The fraction of sp³-hybridized carbons (Fsp3) is 0.385. The van der Waals surface area contributed by atoms with Crippen molar-refractivity contribution in [1.82, 2.24) is 5.32 Å². The monoisotopic (exact) mass is 237 g/mol. The summed E-state index contributed by atoms with van der Waals surface area (Å²) in [6.45, 7) is 5.95. The van der Waals surface area contributed by atoms with Gasteiger partial charge in [-0.2, -0.15) is 0 Å². The van der Waals surface area contributed by atoms with Gasteiger partial charge in [-0.1, -0.05) is 18.5 Å². The predicted octanol–water partition coefficient (Wildman–Crippen LogP) is 3.89. The average Bonchev–Trinajstić information content (AvgIpc) is 2.61. The second-order valence-electron chi connectivity index (χ2n) is 4.05. The molecule has 0 atom stereocenters. The van der Waals surface area contributed by atoms with E-state index in [2.05, 4.69) is 24.4 Å². The maximum absolute atomic E-state index is 6.12. The summed E-state index contributed by atoms with van der Waals surface area (Å²) in [5.41, 5.74) is 1.95. The second-order valence-corrected chi connectivity index (χ2v) is 4.46. The zero-order chi connectivity index (χ0) is 11.5. The van der Waals surface area contributed by atoms with Crippen LogP contribution in [-0.2, 0) is 6.54 Å². The first-order valence-corrected chi connectivity index (χ1v) is 5.98. The molecule has 0 bridgehead atoms. The Labute approximate surface area is 101 Å². The van der Waals surface area contributed by atoms with Gasteiger partial charge in [0.1, 0.15) is 5.76 Å². The highest BCUT2D eigenvalue weighted by Crippen LogP contribution is 2.28. The summed E-state index contributed by atoms with van der Waals surface area (Å²) >= 11 is 6.12. The number of benzene rings is 1. The minimum absolute atomic E-state index is 0.691.